The molecule has 0 fully saturated rings. The van der Waals surface area contributed by atoms with Crippen LogP contribution in [-0.4, -0.2) is 38.0 Å². The van der Waals surface area contributed by atoms with E-state index in [1.807, 2.05) is 0 Å². The lowest BCUT2D eigenvalue weighted by Gasteiger charge is -2.19. The Kier molecular flexibility index (Phi) is 7.79. The fourth-order valence-electron chi connectivity index (χ4n) is 3.11. The van der Waals surface area contributed by atoms with Crippen LogP contribution in [0.5, 0.6) is 0 Å². The van der Waals surface area contributed by atoms with Crippen LogP contribution < -0.4 is 5.32 Å². The third-order valence-corrected chi connectivity index (χ3v) is 4.51. The van der Waals surface area contributed by atoms with E-state index in [9.17, 15) is 19.7 Å². The zero-order valence-corrected chi connectivity index (χ0v) is 18.1. The molecule has 0 saturated carbocycles. The van der Waals surface area contributed by atoms with Crippen molar-refractivity contribution in [3.63, 3.8) is 0 Å². The Morgan fingerprint density at radius 1 is 1.18 bits per heavy atom. The average molecular weight is 453 g/mol. The van der Waals surface area contributed by atoms with Crippen LogP contribution in [0.3, 0.4) is 0 Å². The van der Waals surface area contributed by atoms with Gasteiger partial charge < -0.3 is 14.6 Å². The van der Waals surface area contributed by atoms with Crippen LogP contribution in [0.25, 0.3) is 11.5 Å². The summed E-state index contributed by atoms with van der Waals surface area (Å²) in [7, 11) is 0. The number of hydrogen-bond acceptors (Lipinski definition) is 9. The van der Waals surface area contributed by atoms with Gasteiger partial charge in [-0.05, 0) is 26.0 Å². The van der Waals surface area contributed by atoms with Gasteiger partial charge in [0, 0.05) is 25.1 Å². The number of pyridine rings is 1. The molecule has 11 heteroatoms. The Labute approximate surface area is 189 Å². The van der Waals surface area contributed by atoms with Crippen LogP contribution >= 0.6 is 0 Å². The summed E-state index contributed by atoms with van der Waals surface area (Å²) in [5.74, 6) is -0.467. The molecule has 3 aromatic rings. The number of carbonyl (C=O) groups is 2. The van der Waals surface area contributed by atoms with E-state index in [2.05, 4.69) is 20.4 Å². The van der Waals surface area contributed by atoms with E-state index in [-0.39, 0.29) is 42.5 Å². The van der Waals surface area contributed by atoms with Crippen molar-refractivity contribution < 1.29 is 23.8 Å². The van der Waals surface area contributed by atoms with E-state index in [0.717, 1.165) is 0 Å². The first-order chi connectivity index (χ1) is 15.8. The molecular formula is C22H23N5O6. The number of aryl methyl sites for hydroxylation is 1. The number of ether oxygens (including phenoxy) is 1. The number of nitro groups is 1. The van der Waals surface area contributed by atoms with Crippen molar-refractivity contribution in [1.29, 1.82) is 0 Å². The number of aromatic nitrogens is 3. The van der Waals surface area contributed by atoms with E-state index in [1.165, 1.54) is 18.2 Å². The molecule has 0 aliphatic carbocycles. The second-order valence-electron chi connectivity index (χ2n) is 7.41. The van der Waals surface area contributed by atoms with Crippen LogP contribution in [0.4, 0.5) is 5.69 Å². The number of nitrogens with one attached hydrogen (secondary N) is 1. The normalized spacial score (nSPS) is 11.7. The molecule has 11 nitrogen and oxygen atoms in total. The molecule has 0 bridgehead atoms. The standard InChI is InChI=1S/C22H23N5O6/c1-14(2)32-21(29)13-17(15-7-3-4-9-18(15)27(30)31)24-19(28)10-11-20-25-22(26-33-20)16-8-5-6-12-23-16/h3-9,12,14,17H,10-11,13H2,1-2H3,(H,24,28). The largest absolute Gasteiger partial charge is 0.463 e. The zero-order chi connectivity index (χ0) is 23.8. The molecule has 0 aliphatic rings. The van der Waals surface area contributed by atoms with E-state index >= 15 is 0 Å². The van der Waals surface area contributed by atoms with Crippen LogP contribution in [0.1, 0.15) is 44.2 Å². The van der Waals surface area contributed by atoms with Crippen molar-refractivity contribution in [3.8, 4) is 11.5 Å². The lowest BCUT2D eigenvalue weighted by molar-refractivity contribution is -0.385. The topological polar surface area (TPSA) is 150 Å². The number of benzene rings is 1. The molecular weight excluding hydrogens is 430 g/mol. The van der Waals surface area contributed by atoms with Gasteiger partial charge in [0.15, 0.2) is 0 Å². The fraction of sp³-hybridized carbons (Fsp3) is 0.318. The molecule has 0 saturated heterocycles. The van der Waals surface area contributed by atoms with Gasteiger partial charge >= 0.3 is 5.97 Å². The molecule has 1 atom stereocenters. The molecule has 172 valence electrons. The summed E-state index contributed by atoms with van der Waals surface area (Å²) in [6, 6.07) is 10.3. The number of carbonyl (C=O) groups excluding carboxylic acids is 2. The van der Waals surface area contributed by atoms with E-state index in [1.54, 1.807) is 44.3 Å². The van der Waals surface area contributed by atoms with E-state index in [4.69, 9.17) is 9.26 Å². The maximum absolute atomic E-state index is 12.6. The highest BCUT2D eigenvalue weighted by atomic mass is 16.6. The predicted molar refractivity (Wildman–Crippen MR) is 116 cm³/mol. The van der Waals surface area contributed by atoms with Gasteiger partial charge in [-0.1, -0.05) is 29.4 Å². The first-order valence-electron chi connectivity index (χ1n) is 10.3. The van der Waals surface area contributed by atoms with Gasteiger partial charge in [0.25, 0.3) is 5.69 Å². The Morgan fingerprint density at radius 2 is 1.94 bits per heavy atom. The number of nitrogens with zero attached hydrogens (tertiary/aromatic N) is 4. The number of nitro benzene ring substituents is 1. The summed E-state index contributed by atoms with van der Waals surface area (Å²) >= 11 is 0. The van der Waals surface area contributed by atoms with Crippen LogP contribution in [0, 0.1) is 10.1 Å². The molecule has 3 rings (SSSR count). The van der Waals surface area contributed by atoms with Gasteiger partial charge in [0.1, 0.15) is 5.69 Å². The minimum absolute atomic E-state index is 0.0276. The van der Waals surface area contributed by atoms with Crippen molar-refractivity contribution in [2.45, 2.75) is 45.3 Å². The number of esters is 1. The summed E-state index contributed by atoms with van der Waals surface area (Å²) in [4.78, 5) is 44.1. The molecule has 0 radical (unpaired) electrons. The maximum atomic E-state index is 12.6. The summed E-state index contributed by atoms with van der Waals surface area (Å²) in [5.41, 5.74) is 0.556. The van der Waals surface area contributed by atoms with E-state index in [0.29, 0.717) is 11.5 Å². The quantitative estimate of drug-likeness (QED) is 0.277. The Hall–Kier alpha value is -4.15. The first-order valence-corrected chi connectivity index (χ1v) is 10.3. The van der Waals surface area contributed by atoms with Crippen LogP contribution in [0.2, 0.25) is 0 Å². The van der Waals surface area contributed by atoms with Gasteiger partial charge in [0.2, 0.25) is 17.6 Å². The Morgan fingerprint density at radius 3 is 2.64 bits per heavy atom. The second-order valence-corrected chi connectivity index (χ2v) is 7.41. The monoisotopic (exact) mass is 453 g/mol. The molecule has 1 aromatic carbocycles. The Balaban J connectivity index is 1.69. The van der Waals surface area contributed by atoms with Crippen molar-refractivity contribution in [2.24, 2.45) is 0 Å². The van der Waals surface area contributed by atoms with Gasteiger partial charge in [-0.15, -0.1) is 0 Å². The first kappa shape index (κ1) is 23.5. The smallest absolute Gasteiger partial charge is 0.308 e. The zero-order valence-electron chi connectivity index (χ0n) is 18.1. The van der Waals surface area contributed by atoms with Crippen molar-refractivity contribution in [3.05, 3.63) is 70.2 Å². The summed E-state index contributed by atoms with van der Waals surface area (Å²) < 4.78 is 10.3. The third-order valence-electron chi connectivity index (χ3n) is 4.51. The molecule has 2 heterocycles. The fourth-order valence-corrected chi connectivity index (χ4v) is 3.11. The Bertz CT molecular complexity index is 1120. The minimum atomic E-state index is -0.933. The highest BCUT2D eigenvalue weighted by Gasteiger charge is 2.26. The summed E-state index contributed by atoms with van der Waals surface area (Å²) in [5, 5.41) is 18.0. The highest BCUT2D eigenvalue weighted by Crippen LogP contribution is 2.27. The number of para-hydroxylation sites is 1. The van der Waals surface area contributed by atoms with E-state index < -0.39 is 22.8 Å². The highest BCUT2D eigenvalue weighted by molar-refractivity contribution is 5.78. The molecule has 1 amide bonds. The van der Waals surface area contributed by atoms with Gasteiger partial charge in [0.05, 0.1) is 29.1 Å². The van der Waals surface area contributed by atoms with Crippen LogP contribution in [-0.2, 0) is 20.7 Å². The molecule has 0 spiro atoms. The molecule has 2 aromatic heterocycles. The average Bonchev–Trinajstić information content (AvgIpc) is 3.26. The maximum Gasteiger partial charge on any atom is 0.308 e. The van der Waals surface area contributed by atoms with Crippen molar-refractivity contribution in [2.75, 3.05) is 0 Å². The third kappa shape index (κ3) is 6.66. The molecule has 1 N–H and O–H groups in total. The van der Waals surface area contributed by atoms with Crippen LogP contribution in [0.15, 0.2) is 53.2 Å². The number of amides is 1. The van der Waals surface area contributed by atoms with Gasteiger partial charge in [-0.25, -0.2) is 0 Å². The second kappa shape index (κ2) is 10.9. The summed E-state index contributed by atoms with van der Waals surface area (Å²) in [6.07, 6.45) is 1.11. The lowest BCUT2D eigenvalue weighted by atomic mass is 10.0. The number of rotatable bonds is 10. The van der Waals surface area contributed by atoms with Gasteiger partial charge in [-0.2, -0.15) is 4.98 Å². The van der Waals surface area contributed by atoms with Gasteiger partial charge in [-0.3, -0.25) is 24.7 Å². The van der Waals surface area contributed by atoms with Crippen molar-refractivity contribution in [1.82, 2.24) is 20.4 Å². The minimum Gasteiger partial charge on any atom is -0.463 e. The lowest BCUT2D eigenvalue weighted by Crippen LogP contribution is -2.31. The molecule has 33 heavy (non-hydrogen) atoms. The molecule has 0 aliphatic heterocycles. The SMILES string of the molecule is CC(C)OC(=O)CC(NC(=O)CCc1nc(-c2ccccn2)no1)c1ccccc1[N+](=O)[O-]. The number of hydrogen-bond donors (Lipinski definition) is 1. The molecule has 1 unspecified atom stereocenters. The predicted octanol–water partition coefficient (Wildman–Crippen LogP) is 3.17. The van der Waals surface area contributed by atoms with Crippen molar-refractivity contribution >= 4 is 17.6 Å². The summed E-state index contributed by atoms with van der Waals surface area (Å²) in [6.45, 7) is 3.39.